The van der Waals surface area contributed by atoms with Crippen LogP contribution in [0.5, 0.6) is 5.75 Å². The Balaban J connectivity index is 2.61. The number of aromatic carboxylic acids is 1. The molecule has 0 amide bonds. The highest BCUT2D eigenvalue weighted by Gasteiger charge is 2.14. The van der Waals surface area contributed by atoms with E-state index in [-0.39, 0.29) is 11.3 Å². The molecule has 0 fully saturated rings. The third-order valence-corrected chi connectivity index (χ3v) is 2.46. The van der Waals surface area contributed by atoms with Gasteiger partial charge in [0, 0.05) is 6.08 Å². The number of esters is 1. The molecule has 18 heavy (non-hydrogen) atoms. The van der Waals surface area contributed by atoms with E-state index in [0.717, 1.165) is 16.8 Å². The maximum atomic E-state index is 11.2. The van der Waals surface area contributed by atoms with Gasteiger partial charge in [0.2, 0.25) is 0 Å². The molecule has 0 saturated heterocycles. The largest absolute Gasteiger partial charge is 0.478 e. The molecule has 0 bridgehead atoms. The number of rotatable bonds is 3. The third kappa shape index (κ3) is 2.22. The summed E-state index contributed by atoms with van der Waals surface area (Å²) in [6.07, 6.45) is 0.987. The van der Waals surface area contributed by atoms with Crippen LogP contribution in [0, 0.1) is 0 Å². The van der Waals surface area contributed by atoms with Crippen LogP contribution in [0.3, 0.4) is 0 Å². The molecular formula is C14H10O4. The first-order chi connectivity index (χ1) is 8.61. The molecule has 2 aromatic carbocycles. The van der Waals surface area contributed by atoms with Crippen molar-refractivity contribution in [2.45, 2.75) is 0 Å². The monoisotopic (exact) mass is 242 g/mol. The van der Waals surface area contributed by atoms with Crippen LogP contribution in [-0.2, 0) is 4.79 Å². The summed E-state index contributed by atoms with van der Waals surface area (Å²) in [7, 11) is 0. The van der Waals surface area contributed by atoms with Crippen LogP contribution < -0.4 is 4.74 Å². The van der Waals surface area contributed by atoms with Crippen molar-refractivity contribution in [3.8, 4) is 5.75 Å². The van der Waals surface area contributed by atoms with Gasteiger partial charge in [-0.2, -0.15) is 0 Å². The minimum Gasteiger partial charge on any atom is -0.478 e. The predicted molar refractivity (Wildman–Crippen MR) is 66.7 cm³/mol. The molecule has 1 N–H and O–H groups in total. The second kappa shape index (κ2) is 4.71. The Labute approximate surface area is 103 Å². The Morgan fingerprint density at radius 3 is 2.33 bits per heavy atom. The summed E-state index contributed by atoms with van der Waals surface area (Å²) in [5, 5.41) is 10.7. The normalized spacial score (nSPS) is 10.0. The van der Waals surface area contributed by atoms with Crippen molar-refractivity contribution in [2.75, 3.05) is 0 Å². The molecule has 0 aliphatic heterocycles. The standard InChI is InChI=1S/C14H10O4/c1-2-13(15)18-12-8-10-6-4-3-5-9(10)7-11(12)14(16)17/h2-8H,1H2,(H,16,17). The van der Waals surface area contributed by atoms with Gasteiger partial charge in [0.25, 0.3) is 0 Å². The SMILES string of the molecule is C=CC(=O)Oc1cc2ccccc2cc1C(=O)O. The Bertz CT molecular complexity index is 643. The fraction of sp³-hybridized carbons (Fsp3) is 0. The number of hydrogen-bond acceptors (Lipinski definition) is 3. The van der Waals surface area contributed by atoms with Crippen molar-refractivity contribution in [3.63, 3.8) is 0 Å². The molecule has 2 rings (SSSR count). The van der Waals surface area contributed by atoms with Crippen molar-refractivity contribution >= 4 is 22.7 Å². The lowest BCUT2D eigenvalue weighted by Gasteiger charge is -2.07. The van der Waals surface area contributed by atoms with Gasteiger partial charge < -0.3 is 9.84 Å². The topological polar surface area (TPSA) is 63.6 Å². The van der Waals surface area contributed by atoms with Gasteiger partial charge in [0.15, 0.2) is 0 Å². The zero-order valence-corrected chi connectivity index (χ0v) is 9.42. The Morgan fingerprint density at radius 2 is 1.78 bits per heavy atom. The summed E-state index contributed by atoms with van der Waals surface area (Å²) in [5.74, 6) is -1.81. The number of benzene rings is 2. The highest BCUT2D eigenvalue weighted by molar-refractivity contribution is 5.99. The van der Waals surface area contributed by atoms with E-state index in [1.54, 1.807) is 6.07 Å². The van der Waals surface area contributed by atoms with Crippen LogP contribution in [0.15, 0.2) is 49.1 Å². The molecule has 0 heterocycles. The second-order valence-corrected chi connectivity index (χ2v) is 3.63. The smallest absolute Gasteiger partial charge is 0.339 e. The molecule has 0 unspecified atom stereocenters. The van der Waals surface area contributed by atoms with Crippen LogP contribution in [0.1, 0.15) is 10.4 Å². The number of hydrogen-bond donors (Lipinski definition) is 1. The molecule has 0 spiro atoms. The lowest BCUT2D eigenvalue weighted by atomic mass is 10.1. The molecular weight excluding hydrogens is 232 g/mol. The first-order valence-corrected chi connectivity index (χ1v) is 5.22. The lowest BCUT2D eigenvalue weighted by Crippen LogP contribution is -2.08. The zero-order chi connectivity index (χ0) is 13.1. The number of ether oxygens (including phenoxy) is 1. The van der Waals surface area contributed by atoms with E-state index in [4.69, 9.17) is 9.84 Å². The van der Waals surface area contributed by atoms with Gasteiger partial charge in [0.1, 0.15) is 11.3 Å². The fourth-order valence-electron chi connectivity index (χ4n) is 1.62. The summed E-state index contributed by atoms with van der Waals surface area (Å²) in [6.45, 7) is 3.27. The van der Waals surface area contributed by atoms with Crippen LogP contribution in [0.4, 0.5) is 0 Å². The zero-order valence-electron chi connectivity index (χ0n) is 9.42. The van der Waals surface area contributed by atoms with Gasteiger partial charge in [-0.15, -0.1) is 0 Å². The van der Waals surface area contributed by atoms with E-state index >= 15 is 0 Å². The predicted octanol–water partition coefficient (Wildman–Crippen LogP) is 2.63. The molecule has 0 radical (unpaired) electrons. The van der Waals surface area contributed by atoms with Crippen LogP contribution in [0.2, 0.25) is 0 Å². The van der Waals surface area contributed by atoms with E-state index in [1.165, 1.54) is 12.1 Å². The highest BCUT2D eigenvalue weighted by Crippen LogP contribution is 2.26. The molecule has 0 aliphatic rings. The van der Waals surface area contributed by atoms with E-state index in [1.807, 2.05) is 18.2 Å². The maximum Gasteiger partial charge on any atom is 0.339 e. The molecule has 4 nitrogen and oxygen atoms in total. The minimum atomic E-state index is -1.15. The quantitative estimate of drug-likeness (QED) is 0.510. The van der Waals surface area contributed by atoms with Crippen molar-refractivity contribution < 1.29 is 19.4 Å². The lowest BCUT2D eigenvalue weighted by molar-refractivity contribution is -0.128. The Morgan fingerprint density at radius 1 is 1.17 bits per heavy atom. The van der Waals surface area contributed by atoms with E-state index in [0.29, 0.717) is 0 Å². The van der Waals surface area contributed by atoms with Crippen molar-refractivity contribution in [2.24, 2.45) is 0 Å². The summed E-state index contributed by atoms with van der Waals surface area (Å²) in [6, 6.07) is 10.2. The maximum absolute atomic E-state index is 11.2. The summed E-state index contributed by atoms with van der Waals surface area (Å²) >= 11 is 0. The fourth-order valence-corrected chi connectivity index (χ4v) is 1.62. The number of carboxylic acids is 1. The molecule has 90 valence electrons. The van der Waals surface area contributed by atoms with Crippen molar-refractivity contribution in [1.82, 2.24) is 0 Å². The molecule has 0 saturated carbocycles. The van der Waals surface area contributed by atoms with Crippen LogP contribution in [0.25, 0.3) is 10.8 Å². The average molecular weight is 242 g/mol. The van der Waals surface area contributed by atoms with Gasteiger partial charge in [-0.3, -0.25) is 0 Å². The van der Waals surface area contributed by atoms with Crippen molar-refractivity contribution in [3.05, 3.63) is 54.6 Å². The van der Waals surface area contributed by atoms with Gasteiger partial charge in [0.05, 0.1) is 0 Å². The van der Waals surface area contributed by atoms with Gasteiger partial charge in [-0.1, -0.05) is 30.8 Å². The van der Waals surface area contributed by atoms with Crippen LogP contribution >= 0.6 is 0 Å². The minimum absolute atomic E-state index is 0.0195. The van der Waals surface area contributed by atoms with Crippen molar-refractivity contribution in [1.29, 1.82) is 0 Å². The second-order valence-electron chi connectivity index (χ2n) is 3.63. The van der Waals surface area contributed by atoms with Gasteiger partial charge in [-0.25, -0.2) is 9.59 Å². The number of carbonyl (C=O) groups excluding carboxylic acids is 1. The summed E-state index contributed by atoms with van der Waals surface area (Å²) in [4.78, 5) is 22.3. The first kappa shape index (κ1) is 11.9. The average Bonchev–Trinajstić information content (AvgIpc) is 2.37. The first-order valence-electron chi connectivity index (χ1n) is 5.22. The molecule has 0 aromatic heterocycles. The van der Waals surface area contributed by atoms with Crippen LogP contribution in [-0.4, -0.2) is 17.0 Å². The van der Waals surface area contributed by atoms with E-state index < -0.39 is 11.9 Å². The molecule has 0 atom stereocenters. The number of carboxylic acid groups (broad SMARTS) is 1. The molecule has 0 aliphatic carbocycles. The Kier molecular flexibility index (Phi) is 3.10. The van der Waals surface area contributed by atoms with Gasteiger partial charge in [-0.05, 0) is 22.9 Å². The molecule has 2 aromatic rings. The summed E-state index contributed by atoms with van der Waals surface area (Å²) in [5.41, 5.74) is -0.0519. The number of carbonyl (C=O) groups is 2. The van der Waals surface area contributed by atoms with E-state index in [2.05, 4.69) is 6.58 Å². The Hall–Kier alpha value is -2.62. The van der Waals surface area contributed by atoms with E-state index in [9.17, 15) is 9.59 Å². The highest BCUT2D eigenvalue weighted by atomic mass is 16.5. The molecule has 4 heteroatoms. The van der Waals surface area contributed by atoms with Gasteiger partial charge >= 0.3 is 11.9 Å². The third-order valence-electron chi connectivity index (χ3n) is 2.46. The number of fused-ring (bicyclic) bond motifs is 1. The summed E-state index contributed by atoms with van der Waals surface area (Å²) < 4.78 is 4.93.